The van der Waals surface area contributed by atoms with Crippen molar-refractivity contribution in [3.63, 3.8) is 0 Å². The lowest BCUT2D eigenvalue weighted by molar-refractivity contribution is 0.100. The van der Waals surface area contributed by atoms with Crippen LogP contribution in [-0.4, -0.2) is 11.8 Å². The molecule has 2 amide bonds. The number of primary amides is 1. The minimum Gasteiger partial charge on any atom is -0.366 e. The molecule has 4 nitrogen and oxygen atoms in total. The lowest BCUT2D eigenvalue weighted by atomic mass is 9.88. The summed E-state index contributed by atoms with van der Waals surface area (Å²) in [5.74, 6) is 0.0190. The topological polar surface area (TPSA) is 72.2 Å². The van der Waals surface area contributed by atoms with E-state index in [0.717, 1.165) is 24.8 Å². The molecule has 2 aromatic rings. The van der Waals surface area contributed by atoms with Crippen molar-refractivity contribution in [3.05, 3.63) is 38.4 Å². The predicted molar refractivity (Wildman–Crippen MR) is 86.3 cm³/mol. The molecule has 0 aliphatic heterocycles. The Hall–Kier alpha value is -1.66. The molecule has 0 saturated heterocycles. The molecule has 0 spiro atoms. The van der Waals surface area contributed by atoms with E-state index in [1.54, 1.807) is 22.8 Å². The number of nitrogens with one attached hydrogen (secondary N) is 1. The summed E-state index contributed by atoms with van der Waals surface area (Å²) >= 11 is 2.97. The van der Waals surface area contributed by atoms with Crippen molar-refractivity contribution in [2.75, 3.05) is 5.32 Å². The molecule has 0 unspecified atom stereocenters. The maximum Gasteiger partial charge on any atom is 0.257 e. The van der Waals surface area contributed by atoms with Crippen LogP contribution in [0.4, 0.5) is 5.00 Å². The van der Waals surface area contributed by atoms with Gasteiger partial charge in [-0.1, -0.05) is 6.92 Å². The first-order chi connectivity index (χ1) is 10.1. The summed E-state index contributed by atoms with van der Waals surface area (Å²) in [6.07, 6.45) is 3.13. The fourth-order valence-corrected chi connectivity index (χ4v) is 4.67. The quantitative estimate of drug-likeness (QED) is 0.911. The van der Waals surface area contributed by atoms with E-state index in [0.29, 0.717) is 16.5 Å². The largest absolute Gasteiger partial charge is 0.366 e. The molecule has 0 fully saturated rings. The first-order valence-electron chi connectivity index (χ1n) is 6.84. The SMILES string of the molecule is C[C@H]1CCc2c(C(=O)Nc3sccc3C(N)=O)csc2C1. The number of hydrogen-bond donors (Lipinski definition) is 2. The zero-order chi connectivity index (χ0) is 15.0. The van der Waals surface area contributed by atoms with Crippen LogP contribution >= 0.6 is 22.7 Å². The van der Waals surface area contributed by atoms with Gasteiger partial charge in [0, 0.05) is 10.3 Å². The fourth-order valence-electron chi connectivity index (χ4n) is 2.64. The van der Waals surface area contributed by atoms with Gasteiger partial charge in [-0.2, -0.15) is 0 Å². The molecule has 0 saturated carbocycles. The van der Waals surface area contributed by atoms with Crippen molar-refractivity contribution in [1.82, 2.24) is 0 Å². The van der Waals surface area contributed by atoms with Crippen molar-refractivity contribution in [3.8, 4) is 0 Å². The van der Waals surface area contributed by atoms with Gasteiger partial charge in [0.15, 0.2) is 0 Å². The molecule has 21 heavy (non-hydrogen) atoms. The summed E-state index contributed by atoms with van der Waals surface area (Å²) in [6, 6.07) is 1.63. The van der Waals surface area contributed by atoms with Crippen LogP contribution in [0.5, 0.6) is 0 Å². The lowest BCUT2D eigenvalue weighted by Crippen LogP contribution is -2.18. The van der Waals surface area contributed by atoms with Gasteiger partial charge in [0.2, 0.25) is 0 Å². The highest BCUT2D eigenvalue weighted by molar-refractivity contribution is 7.14. The second-order valence-corrected chi connectivity index (χ2v) is 7.26. The third kappa shape index (κ3) is 2.73. The lowest BCUT2D eigenvalue weighted by Gasteiger charge is -2.18. The summed E-state index contributed by atoms with van der Waals surface area (Å²) in [5, 5.41) is 7.02. The summed E-state index contributed by atoms with van der Waals surface area (Å²) in [4.78, 5) is 25.1. The Balaban J connectivity index is 1.83. The number of carbonyl (C=O) groups excluding carboxylic acids is 2. The first-order valence-corrected chi connectivity index (χ1v) is 8.60. The summed E-state index contributed by atoms with van der Waals surface area (Å²) in [6.45, 7) is 2.24. The van der Waals surface area contributed by atoms with E-state index in [1.807, 2.05) is 5.38 Å². The van der Waals surface area contributed by atoms with Crippen molar-refractivity contribution < 1.29 is 9.59 Å². The Morgan fingerprint density at radius 2 is 2.14 bits per heavy atom. The molecule has 3 rings (SSSR count). The van der Waals surface area contributed by atoms with Crippen LogP contribution in [0.1, 0.15) is 44.5 Å². The Morgan fingerprint density at radius 3 is 2.90 bits per heavy atom. The number of hydrogen-bond acceptors (Lipinski definition) is 4. The molecular weight excluding hydrogens is 304 g/mol. The fraction of sp³-hybridized carbons (Fsp3) is 0.333. The summed E-state index contributed by atoms with van der Waals surface area (Å²) in [7, 11) is 0. The zero-order valence-corrected chi connectivity index (χ0v) is 13.3. The number of anilines is 1. The van der Waals surface area contributed by atoms with E-state index in [4.69, 9.17) is 5.73 Å². The van der Waals surface area contributed by atoms with E-state index in [-0.39, 0.29) is 5.91 Å². The molecule has 0 aromatic carbocycles. The van der Waals surface area contributed by atoms with Crippen molar-refractivity contribution in [2.45, 2.75) is 26.2 Å². The summed E-state index contributed by atoms with van der Waals surface area (Å²) in [5.41, 5.74) is 7.58. The molecule has 1 aliphatic rings. The molecular formula is C15H16N2O2S2. The monoisotopic (exact) mass is 320 g/mol. The Kier molecular flexibility index (Phi) is 3.82. The molecule has 1 aliphatic carbocycles. The van der Waals surface area contributed by atoms with Crippen LogP contribution in [0.25, 0.3) is 0 Å². The molecule has 3 N–H and O–H groups in total. The normalized spacial score (nSPS) is 17.3. The van der Waals surface area contributed by atoms with Crippen LogP contribution in [0.15, 0.2) is 16.8 Å². The molecule has 1 atom stereocenters. The van der Waals surface area contributed by atoms with Crippen molar-refractivity contribution >= 4 is 39.5 Å². The minimum absolute atomic E-state index is 0.146. The van der Waals surface area contributed by atoms with E-state index < -0.39 is 5.91 Å². The third-order valence-corrected chi connectivity index (χ3v) is 5.69. The van der Waals surface area contributed by atoms with Gasteiger partial charge in [-0.25, -0.2) is 0 Å². The van der Waals surface area contributed by atoms with Crippen LogP contribution in [0, 0.1) is 5.92 Å². The third-order valence-electron chi connectivity index (χ3n) is 3.80. The highest BCUT2D eigenvalue weighted by atomic mass is 32.1. The standard InChI is InChI=1S/C15H16N2O2S2/c1-8-2-3-9-11(7-21-12(9)6-8)14(19)17-15-10(13(16)18)4-5-20-15/h4-5,7-8H,2-3,6H2,1H3,(H2,16,18)(H,17,19)/t8-/m0/s1. The Morgan fingerprint density at radius 1 is 1.33 bits per heavy atom. The van der Waals surface area contributed by atoms with E-state index >= 15 is 0 Å². The first kappa shape index (κ1) is 14.3. The van der Waals surface area contributed by atoms with Gasteiger partial charge in [-0.05, 0) is 42.2 Å². The highest BCUT2D eigenvalue weighted by Crippen LogP contribution is 2.33. The molecule has 110 valence electrons. The second kappa shape index (κ2) is 5.61. The average Bonchev–Trinajstić information content (AvgIpc) is 3.04. The van der Waals surface area contributed by atoms with E-state index in [9.17, 15) is 9.59 Å². The summed E-state index contributed by atoms with van der Waals surface area (Å²) < 4.78 is 0. The van der Waals surface area contributed by atoms with Gasteiger partial charge in [0.25, 0.3) is 11.8 Å². The number of rotatable bonds is 3. The number of amides is 2. The minimum atomic E-state index is -0.521. The van der Waals surface area contributed by atoms with Gasteiger partial charge in [0.1, 0.15) is 5.00 Å². The van der Waals surface area contributed by atoms with Gasteiger partial charge in [-0.3, -0.25) is 9.59 Å². The van der Waals surface area contributed by atoms with Gasteiger partial charge >= 0.3 is 0 Å². The number of nitrogens with two attached hydrogens (primary N) is 1. The Labute approximate surface area is 131 Å². The Bertz CT molecular complexity index is 702. The smallest absolute Gasteiger partial charge is 0.257 e. The van der Waals surface area contributed by atoms with Gasteiger partial charge in [-0.15, -0.1) is 22.7 Å². The van der Waals surface area contributed by atoms with Crippen LogP contribution in [-0.2, 0) is 12.8 Å². The molecule has 2 heterocycles. The molecule has 6 heteroatoms. The van der Waals surface area contributed by atoms with Crippen LogP contribution in [0.2, 0.25) is 0 Å². The second-order valence-electron chi connectivity index (χ2n) is 5.38. The van der Waals surface area contributed by atoms with Gasteiger partial charge < -0.3 is 11.1 Å². The zero-order valence-electron chi connectivity index (χ0n) is 11.6. The maximum absolute atomic E-state index is 12.5. The molecule has 0 bridgehead atoms. The molecule has 0 radical (unpaired) electrons. The number of carbonyl (C=O) groups is 2. The predicted octanol–water partition coefficient (Wildman–Crippen LogP) is 3.29. The van der Waals surface area contributed by atoms with Gasteiger partial charge in [0.05, 0.1) is 11.1 Å². The van der Waals surface area contributed by atoms with Crippen molar-refractivity contribution in [1.29, 1.82) is 0 Å². The number of fused-ring (bicyclic) bond motifs is 1. The van der Waals surface area contributed by atoms with E-state index in [2.05, 4.69) is 12.2 Å². The number of thiophene rings is 2. The maximum atomic E-state index is 12.5. The van der Waals surface area contributed by atoms with Crippen molar-refractivity contribution in [2.24, 2.45) is 11.7 Å². The van der Waals surface area contributed by atoms with Crippen LogP contribution < -0.4 is 11.1 Å². The van der Waals surface area contributed by atoms with E-state index in [1.165, 1.54) is 21.8 Å². The van der Waals surface area contributed by atoms with Crippen LogP contribution in [0.3, 0.4) is 0 Å². The highest BCUT2D eigenvalue weighted by Gasteiger charge is 2.24. The average molecular weight is 320 g/mol. The molecule has 2 aromatic heterocycles.